The van der Waals surface area contributed by atoms with Gasteiger partial charge in [-0.05, 0) is 43.6 Å². The van der Waals surface area contributed by atoms with Gasteiger partial charge in [0, 0.05) is 10.9 Å². The molecule has 1 aromatic heterocycles. The van der Waals surface area contributed by atoms with Crippen LogP contribution in [-0.4, -0.2) is 11.9 Å². The van der Waals surface area contributed by atoms with Crippen LogP contribution in [0.5, 0.6) is 0 Å². The summed E-state index contributed by atoms with van der Waals surface area (Å²) in [7, 11) is 0. The number of thiophene rings is 1. The molecule has 1 amide bonds. The van der Waals surface area contributed by atoms with Gasteiger partial charge in [-0.25, -0.2) is 0 Å². The molecule has 3 rings (SSSR count). The first-order valence-electron chi connectivity index (χ1n) is 6.42. The highest BCUT2D eigenvalue weighted by atomic mass is 32.1. The van der Waals surface area contributed by atoms with Gasteiger partial charge in [0.15, 0.2) is 0 Å². The Labute approximate surface area is 105 Å². The second-order valence-electron chi connectivity index (χ2n) is 5.07. The van der Waals surface area contributed by atoms with Crippen LogP contribution in [0.1, 0.15) is 59.3 Å². The molecule has 1 aromatic rings. The molecule has 2 aliphatic rings. The predicted molar refractivity (Wildman–Crippen MR) is 70.6 cm³/mol. The van der Waals surface area contributed by atoms with E-state index in [2.05, 4.69) is 12.2 Å². The summed E-state index contributed by atoms with van der Waals surface area (Å²) >= 11 is 1.62. The topological polar surface area (TPSA) is 55.1 Å². The number of hydrogen-bond acceptors (Lipinski definition) is 3. The quantitative estimate of drug-likeness (QED) is 0.866. The van der Waals surface area contributed by atoms with Crippen LogP contribution in [0.15, 0.2) is 0 Å². The van der Waals surface area contributed by atoms with Gasteiger partial charge in [-0.3, -0.25) is 4.79 Å². The third-order valence-corrected chi connectivity index (χ3v) is 4.90. The number of anilines is 1. The van der Waals surface area contributed by atoms with Gasteiger partial charge in [-0.1, -0.05) is 6.92 Å². The van der Waals surface area contributed by atoms with E-state index in [1.54, 1.807) is 11.3 Å². The van der Waals surface area contributed by atoms with Crippen molar-refractivity contribution in [1.82, 2.24) is 5.32 Å². The molecule has 1 fully saturated rings. The first-order valence-corrected chi connectivity index (χ1v) is 7.24. The van der Waals surface area contributed by atoms with Crippen LogP contribution in [0.2, 0.25) is 0 Å². The first kappa shape index (κ1) is 11.1. The molecule has 0 bridgehead atoms. The third kappa shape index (κ3) is 1.84. The van der Waals surface area contributed by atoms with Crippen molar-refractivity contribution >= 4 is 22.2 Å². The van der Waals surface area contributed by atoms with E-state index in [4.69, 9.17) is 5.73 Å². The van der Waals surface area contributed by atoms with E-state index >= 15 is 0 Å². The molecule has 0 aromatic carbocycles. The fourth-order valence-electron chi connectivity index (χ4n) is 2.71. The van der Waals surface area contributed by atoms with Gasteiger partial charge in [0.05, 0.1) is 10.6 Å². The standard InChI is InChI=1S/C13H18N2OS/c1-2-7-3-6-9-10(7)11(12(14)17-9)13(16)15-8-4-5-8/h7-8H,2-6,14H2,1H3,(H,15,16). The Morgan fingerprint density at radius 3 is 2.88 bits per heavy atom. The van der Waals surface area contributed by atoms with Crippen LogP contribution in [0.25, 0.3) is 0 Å². The summed E-state index contributed by atoms with van der Waals surface area (Å²) in [6, 6.07) is 0.402. The SMILES string of the molecule is CCC1CCc2sc(N)c(C(=O)NC3CC3)c21. The number of fused-ring (bicyclic) bond motifs is 1. The van der Waals surface area contributed by atoms with E-state index in [0.29, 0.717) is 17.0 Å². The normalized spacial score (nSPS) is 22.5. The summed E-state index contributed by atoms with van der Waals surface area (Å²) in [6.45, 7) is 2.19. The fraction of sp³-hybridized carbons (Fsp3) is 0.615. The molecule has 2 aliphatic carbocycles. The summed E-state index contributed by atoms with van der Waals surface area (Å²) < 4.78 is 0. The molecule has 3 N–H and O–H groups in total. The Hall–Kier alpha value is -1.03. The number of nitrogen functional groups attached to an aromatic ring is 1. The van der Waals surface area contributed by atoms with Crippen molar-refractivity contribution in [1.29, 1.82) is 0 Å². The van der Waals surface area contributed by atoms with Crippen molar-refractivity contribution in [2.24, 2.45) is 0 Å². The summed E-state index contributed by atoms with van der Waals surface area (Å²) in [6.07, 6.45) is 5.62. The lowest BCUT2D eigenvalue weighted by Gasteiger charge is -2.11. The van der Waals surface area contributed by atoms with E-state index < -0.39 is 0 Å². The Morgan fingerprint density at radius 2 is 2.24 bits per heavy atom. The van der Waals surface area contributed by atoms with Crippen LogP contribution < -0.4 is 11.1 Å². The zero-order valence-electron chi connectivity index (χ0n) is 10.1. The van der Waals surface area contributed by atoms with Gasteiger partial charge >= 0.3 is 0 Å². The monoisotopic (exact) mass is 250 g/mol. The van der Waals surface area contributed by atoms with Crippen molar-refractivity contribution in [2.45, 2.75) is 51.0 Å². The lowest BCUT2D eigenvalue weighted by atomic mass is 9.96. The Morgan fingerprint density at radius 1 is 1.47 bits per heavy atom. The van der Waals surface area contributed by atoms with Crippen LogP contribution in [0, 0.1) is 0 Å². The highest BCUT2D eigenvalue weighted by molar-refractivity contribution is 7.16. The van der Waals surface area contributed by atoms with E-state index in [0.717, 1.165) is 31.2 Å². The predicted octanol–water partition coefficient (Wildman–Crippen LogP) is 2.66. The number of carbonyl (C=O) groups excluding carboxylic acids is 1. The average Bonchev–Trinajstić information content (AvgIpc) is 2.91. The smallest absolute Gasteiger partial charge is 0.254 e. The molecule has 17 heavy (non-hydrogen) atoms. The maximum Gasteiger partial charge on any atom is 0.254 e. The van der Waals surface area contributed by atoms with E-state index in [-0.39, 0.29) is 5.91 Å². The van der Waals surface area contributed by atoms with Crippen molar-refractivity contribution in [3.8, 4) is 0 Å². The molecule has 1 atom stereocenters. The van der Waals surface area contributed by atoms with E-state index in [9.17, 15) is 4.79 Å². The zero-order valence-corrected chi connectivity index (χ0v) is 10.9. The Kier molecular flexibility index (Phi) is 2.62. The number of nitrogens with two attached hydrogens (primary N) is 1. The lowest BCUT2D eigenvalue weighted by Crippen LogP contribution is -2.26. The van der Waals surface area contributed by atoms with E-state index in [1.165, 1.54) is 16.9 Å². The second kappa shape index (κ2) is 4.02. The molecule has 92 valence electrons. The molecule has 1 saturated carbocycles. The Bertz CT molecular complexity index is 462. The third-order valence-electron chi connectivity index (χ3n) is 3.81. The number of nitrogens with one attached hydrogen (secondary N) is 1. The number of aryl methyl sites for hydroxylation is 1. The molecular formula is C13H18N2OS. The molecule has 0 aliphatic heterocycles. The number of amides is 1. The highest BCUT2D eigenvalue weighted by Gasteiger charge is 2.33. The van der Waals surface area contributed by atoms with Gasteiger partial charge in [-0.2, -0.15) is 0 Å². The summed E-state index contributed by atoms with van der Waals surface area (Å²) in [4.78, 5) is 13.6. The van der Waals surface area contributed by atoms with Gasteiger partial charge in [0.25, 0.3) is 5.91 Å². The zero-order chi connectivity index (χ0) is 12.0. The minimum atomic E-state index is 0.0582. The van der Waals surface area contributed by atoms with Gasteiger partial charge in [0.1, 0.15) is 0 Å². The van der Waals surface area contributed by atoms with Gasteiger partial charge in [-0.15, -0.1) is 11.3 Å². The van der Waals surface area contributed by atoms with Crippen LogP contribution in [-0.2, 0) is 6.42 Å². The summed E-state index contributed by atoms with van der Waals surface area (Å²) in [5, 5.41) is 3.77. The molecule has 0 radical (unpaired) electrons. The molecular weight excluding hydrogens is 232 g/mol. The molecule has 4 heteroatoms. The maximum absolute atomic E-state index is 12.2. The fourth-order valence-corrected chi connectivity index (χ4v) is 3.87. The number of rotatable bonds is 3. The van der Waals surface area contributed by atoms with Gasteiger partial charge in [0.2, 0.25) is 0 Å². The van der Waals surface area contributed by atoms with Crippen LogP contribution >= 0.6 is 11.3 Å². The summed E-state index contributed by atoms with van der Waals surface area (Å²) in [5.41, 5.74) is 8.07. The second-order valence-corrected chi connectivity index (χ2v) is 6.21. The lowest BCUT2D eigenvalue weighted by molar-refractivity contribution is 0.0951. The molecule has 1 unspecified atom stereocenters. The molecule has 1 heterocycles. The molecule has 3 nitrogen and oxygen atoms in total. The number of hydrogen-bond donors (Lipinski definition) is 2. The van der Waals surface area contributed by atoms with Crippen LogP contribution in [0.3, 0.4) is 0 Å². The minimum Gasteiger partial charge on any atom is -0.390 e. The van der Waals surface area contributed by atoms with Crippen molar-refractivity contribution in [3.05, 3.63) is 16.0 Å². The molecule has 0 spiro atoms. The average molecular weight is 250 g/mol. The summed E-state index contributed by atoms with van der Waals surface area (Å²) in [5.74, 6) is 0.598. The number of carbonyl (C=O) groups is 1. The maximum atomic E-state index is 12.2. The minimum absolute atomic E-state index is 0.0582. The first-order chi connectivity index (χ1) is 8.20. The van der Waals surface area contributed by atoms with Crippen molar-refractivity contribution < 1.29 is 4.79 Å². The van der Waals surface area contributed by atoms with Gasteiger partial charge < -0.3 is 11.1 Å². The van der Waals surface area contributed by atoms with E-state index in [1.807, 2.05) is 0 Å². The van der Waals surface area contributed by atoms with Crippen molar-refractivity contribution in [2.75, 3.05) is 5.73 Å². The highest BCUT2D eigenvalue weighted by Crippen LogP contribution is 2.45. The molecule has 0 saturated heterocycles. The van der Waals surface area contributed by atoms with Crippen LogP contribution in [0.4, 0.5) is 5.00 Å². The van der Waals surface area contributed by atoms with Crippen molar-refractivity contribution in [3.63, 3.8) is 0 Å². The Balaban J connectivity index is 1.94. The largest absolute Gasteiger partial charge is 0.390 e.